The maximum absolute atomic E-state index is 2.72. The molecule has 1 aliphatic heterocycles. The van der Waals surface area contributed by atoms with E-state index in [1.165, 1.54) is 219 Å². The van der Waals surface area contributed by atoms with E-state index in [-0.39, 0.29) is 0 Å². The molecular weight excluding hydrogens is 508 g/mol. The van der Waals surface area contributed by atoms with Crippen molar-refractivity contribution in [2.45, 2.75) is 232 Å². The fourth-order valence-electron chi connectivity index (χ4n) is 6.89. The predicted octanol–water partition coefficient (Wildman–Crippen LogP) is 13.9. The minimum absolute atomic E-state index is 0.640. The molecule has 0 aromatic carbocycles. The summed E-state index contributed by atoms with van der Waals surface area (Å²) in [6.07, 6.45) is 51.4. The molecule has 0 N–H and O–H groups in total. The fraction of sp³-hybridized carbons (Fsp3) is 0.950. The van der Waals surface area contributed by atoms with Crippen LogP contribution in [-0.2, 0) is 0 Å². The van der Waals surface area contributed by atoms with Crippen molar-refractivity contribution in [3.63, 3.8) is 0 Å². The molecule has 0 bridgehead atoms. The molecule has 0 amide bonds. The first-order valence-corrected chi connectivity index (χ1v) is 20.0. The minimum atomic E-state index is 0.640. The summed E-state index contributed by atoms with van der Waals surface area (Å²) in [5.74, 6) is 0. The first-order valence-electron chi connectivity index (χ1n) is 20.0. The Morgan fingerprint density at radius 3 is 0.833 bits per heavy atom. The van der Waals surface area contributed by atoms with E-state index in [9.17, 15) is 0 Å². The van der Waals surface area contributed by atoms with Crippen molar-refractivity contribution >= 4 is 0 Å². The van der Waals surface area contributed by atoms with E-state index in [1.807, 2.05) is 0 Å². The third-order valence-electron chi connectivity index (χ3n) is 9.82. The lowest BCUT2D eigenvalue weighted by Crippen LogP contribution is -2.39. The number of hydrogen-bond donors (Lipinski definition) is 0. The molecule has 0 aromatic heterocycles. The Morgan fingerprint density at radius 2 is 0.548 bits per heavy atom. The molecule has 250 valence electrons. The molecule has 42 heavy (non-hydrogen) atoms. The molecule has 0 saturated carbocycles. The van der Waals surface area contributed by atoms with E-state index in [0.717, 1.165) is 0 Å². The Labute approximate surface area is 267 Å². The minimum Gasteiger partial charge on any atom is -0.356 e. The summed E-state index contributed by atoms with van der Waals surface area (Å²) in [4.78, 5) is 5.43. The van der Waals surface area contributed by atoms with Gasteiger partial charge in [-0.15, -0.1) is 0 Å². The molecule has 0 aromatic rings. The topological polar surface area (TPSA) is 6.48 Å². The van der Waals surface area contributed by atoms with Gasteiger partial charge in [0.25, 0.3) is 0 Å². The van der Waals surface area contributed by atoms with Crippen LogP contribution in [0.2, 0.25) is 0 Å². The zero-order chi connectivity index (χ0) is 30.2. The maximum Gasteiger partial charge on any atom is 0.101 e. The molecule has 1 rings (SSSR count). The zero-order valence-corrected chi connectivity index (χ0v) is 29.7. The van der Waals surface area contributed by atoms with Gasteiger partial charge in [-0.3, -0.25) is 0 Å². The highest BCUT2D eigenvalue weighted by Gasteiger charge is 2.24. The highest BCUT2D eigenvalue weighted by Crippen LogP contribution is 2.24. The Hall–Kier alpha value is -0.660. The van der Waals surface area contributed by atoms with Crippen LogP contribution in [0.3, 0.4) is 0 Å². The Bertz CT molecular complexity index is 544. The van der Waals surface area contributed by atoms with E-state index in [2.05, 4.69) is 43.0 Å². The first kappa shape index (κ1) is 39.4. The second-order valence-corrected chi connectivity index (χ2v) is 13.9. The first-order chi connectivity index (χ1) is 20.8. The number of unbranched alkanes of at least 4 members (excludes halogenated alkanes) is 28. The van der Waals surface area contributed by atoms with Gasteiger partial charge in [0.05, 0.1) is 0 Å². The van der Waals surface area contributed by atoms with Gasteiger partial charge in [-0.2, -0.15) is 0 Å². The summed E-state index contributed by atoms with van der Waals surface area (Å²) in [5.41, 5.74) is 0. The monoisotopic (exact) mass is 589 g/mol. The molecule has 1 atom stereocenters. The Kier molecular flexibility index (Phi) is 29.8. The van der Waals surface area contributed by atoms with E-state index >= 15 is 0 Å². The number of nitrogens with zero attached hydrogens (tertiary/aromatic N) is 2. The van der Waals surface area contributed by atoms with Crippen LogP contribution in [0.25, 0.3) is 0 Å². The SMILES string of the molecule is CCCCCCCCCCCCCCCCN1C=CN(CCCCCCCCCC)C1CCCCCCCCCCC. The second-order valence-electron chi connectivity index (χ2n) is 13.9. The summed E-state index contributed by atoms with van der Waals surface area (Å²) in [6, 6.07) is 0. The summed E-state index contributed by atoms with van der Waals surface area (Å²) in [5, 5.41) is 0. The van der Waals surface area contributed by atoms with Crippen molar-refractivity contribution in [1.82, 2.24) is 9.80 Å². The third-order valence-corrected chi connectivity index (χ3v) is 9.82. The van der Waals surface area contributed by atoms with Crippen LogP contribution in [0.4, 0.5) is 0 Å². The summed E-state index contributed by atoms with van der Waals surface area (Å²) < 4.78 is 0. The third kappa shape index (κ3) is 23.8. The quantitative estimate of drug-likeness (QED) is 0.0690. The van der Waals surface area contributed by atoms with Gasteiger partial charge in [0.2, 0.25) is 0 Å². The van der Waals surface area contributed by atoms with Gasteiger partial charge in [0, 0.05) is 25.5 Å². The van der Waals surface area contributed by atoms with Crippen LogP contribution in [0.1, 0.15) is 226 Å². The molecule has 0 radical (unpaired) electrons. The van der Waals surface area contributed by atoms with Gasteiger partial charge >= 0.3 is 0 Å². The lowest BCUT2D eigenvalue weighted by molar-refractivity contribution is 0.135. The van der Waals surface area contributed by atoms with Gasteiger partial charge in [-0.1, -0.05) is 201 Å². The average molecular weight is 589 g/mol. The Balaban J connectivity index is 2.19. The molecule has 0 aliphatic carbocycles. The molecule has 0 spiro atoms. The van der Waals surface area contributed by atoms with Gasteiger partial charge in [0.15, 0.2) is 0 Å². The molecule has 1 aliphatic rings. The van der Waals surface area contributed by atoms with Crippen LogP contribution in [0.5, 0.6) is 0 Å². The lowest BCUT2D eigenvalue weighted by atomic mass is 10.0. The molecular formula is C40H80N2. The predicted molar refractivity (Wildman–Crippen MR) is 191 cm³/mol. The van der Waals surface area contributed by atoms with E-state index < -0.39 is 0 Å². The lowest BCUT2D eigenvalue weighted by Gasteiger charge is -2.33. The van der Waals surface area contributed by atoms with Gasteiger partial charge < -0.3 is 9.80 Å². The van der Waals surface area contributed by atoms with Crippen molar-refractivity contribution in [2.75, 3.05) is 13.1 Å². The zero-order valence-electron chi connectivity index (χ0n) is 29.7. The van der Waals surface area contributed by atoms with Crippen LogP contribution in [0.15, 0.2) is 12.4 Å². The normalized spacial score (nSPS) is 15.0. The standard InChI is InChI=1S/C40H80N2/c1-4-7-10-13-16-19-20-21-22-23-25-28-31-34-37-42-39-38-41(36-33-30-27-18-15-12-9-6-3)40(42)35-32-29-26-24-17-14-11-8-5-2/h38-40H,4-37H2,1-3H3. The summed E-state index contributed by atoms with van der Waals surface area (Å²) >= 11 is 0. The van der Waals surface area contributed by atoms with E-state index in [1.54, 1.807) is 0 Å². The smallest absolute Gasteiger partial charge is 0.101 e. The summed E-state index contributed by atoms with van der Waals surface area (Å²) in [6.45, 7) is 9.48. The maximum atomic E-state index is 2.72. The van der Waals surface area contributed by atoms with Crippen LogP contribution in [0, 0.1) is 0 Å². The van der Waals surface area contributed by atoms with Crippen molar-refractivity contribution in [1.29, 1.82) is 0 Å². The number of rotatable bonds is 34. The second kappa shape index (κ2) is 31.8. The molecule has 1 unspecified atom stereocenters. The fourth-order valence-corrected chi connectivity index (χ4v) is 6.89. The van der Waals surface area contributed by atoms with Crippen molar-refractivity contribution in [3.05, 3.63) is 12.4 Å². The number of hydrogen-bond acceptors (Lipinski definition) is 2. The molecule has 0 fully saturated rings. The molecule has 2 heteroatoms. The summed E-state index contributed by atoms with van der Waals surface area (Å²) in [7, 11) is 0. The van der Waals surface area contributed by atoms with E-state index in [0.29, 0.717) is 6.17 Å². The average Bonchev–Trinajstić information content (AvgIpc) is 3.38. The van der Waals surface area contributed by atoms with Crippen molar-refractivity contribution in [2.24, 2.45) is 0 Å². The van der Waals surface area contributed by atoms with Crippen LogP contribution >= 0.6 is 0 Å². The van der Waals surface area contributed by atoms with Gasteiger partial charge in [-0.25, -0.2) is 0 Å². The van der Waals surface area contributed by atoms with E-state index in [4.69, 9.17) is 0 Å². The van der Waals surface area contributed by atoms with Gasteiger partial charge in [-0.05, 0) is 25.7 Å². The largest absolute Gasteiger partial charge is 0.356 e. The Morgan fingerprint density at radius 1 is 0.310 bits per heavy atom. The molecule has 1 heterocycles. The highest BCUT2D eigenvalue weighted by molar-refractivity contribution is 4.97. The van der Waals surface area contributed by atoms with Crippen LogP contribution < -0.4 is 0 Å². The molecule has 0 saturated heterocycles. The van der Waals surface area contributed by atoms with Gasteiger partial charge in [0.1, 0.15) is 6.17 Å². The van der Waals surface area contributed by atoms with Crippen molar-refractivity contribution in [3.8, 4) is 0 Å². The molecule has 2 nitrogen and oxygen atoms in total. The van der Waals surface area contributed by atoms with Crippen LogP contribution in [-0.4, -0.2) is 29.1 Å². The van der Waals surface area contributed by atoms with Crippen molar-refractivity contribution < 1.29 is 0 Å². The highest BCUT2D eigenvalue weighted by atomic mass is 15.4.